The number of nitrogens with zero attached hydrogens (tertiary/aromatic N) is 1. The summed E-state index contributed by atoms with van der Waals surface area (Å²) < 4.78 is 28.4. The Hall–Kier alpha value is -1.27. The van der Waals surface area contributed by atoms with Crippen LogP contribution in [0.25, 0.3) is 0 Å². The van der Waals surface area contributed by atoms with Gasteiger partial charge in [0.25, 0.3) is 0 Å². The summed E-state index contributed by atoms with van der Waals surface area (Å²) in [5.74, 6) is 0.438. The van der Waals surface area contributed by atoms with Crippen LogP contribution in [0.15, 0.2) is 24.3 Å². The summed E-state index contributed by atoms with van der Waals surface area (Å²) in [4.78, 5) is 13.8. The lowest BCUT2D eigenvalue weighted by Gasteiger charge is -2.18. The molecule has 0 aromatic heterocycles. The molecule has 0 bridgehead atoms. The summed E-state index contributed by atoms with van der Waals surface area (Å²) in [7, 11) is 1.72. The Morgan fingerprint density at radius 3 is 2.71 bits per heavy atom. The molecular formula is C17H22ClNO4S. The van der Waals surface area contributed by atoms with Crippen molar-refractivity contribution in [2.45, 2.75) is 44.8 Å². The zero-order chi connectivity index (χ0) is 17.2. The van der Waals surface area contributed by atoms with Crippen molar-refractivity contribution in [1.29, 1.82) is 0 Å². The van der Waals surface area contributed by atoms with Gasteiger partial charge in [0, 0.05) is 36.1 Å². The fourth-order valence-electron chi connectivity index (χ4n) is 3.54. The summed E-state index contributed by atoms with van der Waals surface area (Å²) in [5, 5.41) is 0. The normalized spacial score (nSPS) is 22.3. The average Bonchev–Trinajstić information content (AvgIpc) is 3.08. The quantitative estimate of drug-likeness (QED) is 0.721. The predicted octanol–water partition coefficient (Wildman–Crippen LogP) is 2.93. The molecule has 1 saturated heterocycles. The highest BCUT2D eigenvalue weighted by Gasteiger charge is 2.32. The zero-order valence-corrected chi connectivity index (χ0v) is 15.1. The van der Waals surface area contributed by atoms with Gasteiger partial charge in [-0.15, -0.1) is 0 Å². The van der Waals surface area contributed by atoms with Crippen LogP contribution in [-0.4, -0.2) is 37.6 Å². The van der Waals surface area contributed by atoms with E-state index in [9.17, 15) is 13.2 Å². The number of rotatable bonds is 6. The monoisotopic (exact) mass is 371 g/mol. The maximum absolute atomic E-state index is 12.1. The molecule has 1 aliphatic carbocycles. The first-order chi connectivity index (χ1) is 11.4. The van der Waals surface area contributed by atoms with Gasteiger partial charge in [-0.2, -0.15) is 0 Å². The van der Waals surface area contributed by atoms with E-state index in [-0.39, 0.29) is 24.0 Å². The number of halogens is 1. The largest absolute Gasteiger partial charge is 0.490 e. The van der Waals surface area contributed by atoms with Crippen molar-refractivity contribution >= 4 is 25.6 Å². The minimum Gasteiger partial charge on any atom is -0.490 e. The lowest BCUT2D eigenvalue weighted by molar-refractivity contribution is -0.128. The molecule has 1 heterocycles. The van der Waals surface area contributed by atoms with Crippen molar-refractivity contribution in [1.82, 2.24) is 4.90 Å². The van der Waals surface area contributed by atoms with Crippen molar-refractivity contribution in [3.63, 3.8) is 0 Å². The van der Waals surface area contributed by atoms with Crippen LogP contribution in [0.4, 0.5) is 0 Å². The van der Waals surface area contributed by atoms with Gasteiger partial charge in [0.1, 0.15) is 5.75 Å². The number of hydrogen-bond acceptors (Lipinski definition) is 4. The first-order valence-electron chi connectivity index (χ1n) is 8.35. The maximum atomic E-state index is 12.1. The van der Waals surface area contributed by atoms with E-state index in [1.54, 1.807) is 4.90 Å². The van der Waals surface area contributed by atoms with Crippen LogP contribution in [0.5, 0.6) is 5.75 Å². The van der Waals surface area contributed by atoms with E-state index in [0.717, 1.165) is 24.2 Å². The molecular weight excluding hydrogens is 350 g/mol. The molecule has 1 aromatic carbocycles. The Labute approximate surface area is 147 Å². The van der Waals surface area contributed by atoms with Gasteiger partial charge in [-0.25, -0.2) is 8.42 Å². The zero-order valence-electron chi connectivity index (χ0n) is 13.5. The second-order valence-electron chi connectivity index (χ2n) is 6.72. The van der Waals surface area contributed by atoms with Gasteiger partial charge in [0.05, 0.1) is 11.9 Å². The van der Waals surface area contributed by atoms with E-state index in [1.807, 2.05) is 24.3 Å². The lowest BCUT2D eigenvalue weighted by atomic mass is 10.1. The third-order valence-electron chi connectivity index (χ3n) is 4.61. The number of carbonyl (C=O) groups excluding carboxylic acids is 1. The van der Waals surface area contributed by atoms with Gasteiger partial charge in [0.2, 0.25) is 15.0 Å². The van der Waals surface area contributed by atoms with Gasteiger partial charge in [-0.3, -0.25) is 4.79 Å². The number of benzene rings is 1. The molecule has 1 amide bonds. The number of amides is 1. The summed E-state index contributed by atoms with van der Waals surface area (Å²) in [6.45, 7) is 0.901. The standard InChI is InChI=1S/C17H22ClNO4S/c18-24(21,22)12-14-9-17(20)19(11-14)10-13-4-3-7-16(8-13)23-15-5-1-2-6-15/h3-4,7-8,14-15H,1-2,5-6,9-12H2. The molecule has 1 aromatic rings. The molecule has 24 heavy (non-hydrogen) atoms. The molecule has 0 N–H and O–H groups in total. The van der Waals surface area contributed by atoms with Crippen LogP contribution in [0.3, 0.4) is 0 Å². The molecule has 0 radical (unpaired) electrons. The Morgan fingerprint density at radius 2 is 2.00 bits per heavy atom. The van der Waals surface area contributed by atoms with Crippen LogP contribution in [-0.2, 0) is 20.4 Å². The Bertz CT molecular complexity index is 700. The maximum Gasteiger partial charge on any atom is 0.232 e. The summed E-state index contributed by atoms with van der Waals surface area (Å²) >= 11 is 0. The molecule has 0 spiro atoms. The third kappa shape index (κ3) is 4.86. The number of ether oxygens (including phenoxy) is 1. The van der Waals surface area contributed by atoms with Crippen LogP contribution in [0.1, 0.15) is 37.7 Å². The molecule has 5 nitrogen and oxygen atoms in total. The van der Waals surface area contributed by atoms with E-state index in [2.05, 4.69) is 0 Å². The van der Waals surface area contributed by atoms with Gasteiger partial charge < -0.3 is 9.64 Å². The van der Waals surface area contributed by atoms with Crippen molar-refractivity contribution < 1.29 is 17.9 Å². The number of hydrogen-bond donors (Lipinski definition) is 0. The SMILES string of the molecule is O=C1CC(CS(=O)(=O)Cl)CN1Cc1cccc(OC2CCCC2)c1. The van der Waals surface area contributed by atoms with E-state index < -0.39 is 9.05 Å². The second-order valence-corrected chi connectivity index (χ2v) is 9.54. The minimum absolute atomic E-state index is 0.0255. The van der Waals surface area contributed by atoms with Gasteiger partial charge in [0.15, 0.2) is 0 Å². The predicted molar refractivity (Wildman–Crippen MR) is 92.5 cm³/mol. The molecule has 2 aliphatic rings. The highest BCUT2D eigenvalue weighted by Crippen LogP contribution is 2.26. The summed E-state index contributed by atoms with van der Waals surface area (Å²) in [6, 6.07) is 7.80. The Kier molecular flexibility index (Phi) is 5.35. The highest BCUT2D eigenvalue weighted by atomic mass is 35.7. The topological polar surface area (TPSA) is 63.7 Å². The van der Waals surface area contributed by atoms with Crippen LogP contribution >= 0.6 is 10.7 Å². The number of carbonyl (C=O) groups is 1. The van der Waals surface area contributed by atoms with Gasteiger partial charge >= 0.3 is 0 Å². The Morgan fingerprint density at radius 1 is 1.25 bits per heavy atom. The molecule has 132 valence electrons. The summed E-state index contributed by atoms with van der Waals surface area (Å²) in [5.41, 5.74) is 0.994. The van der Waals surface area contributed by atoms with Crippen molar-refractivity contribution in [3.05, 3.63) is 29.8 Å². The van der Waals surface area contributed by atoms with Gasteiger partial charge in [-0.05, 0) is 43.4 Å². The first kappa shape index (κ1) is 17.5. The van der Waals surface area contributed by atoms with Gasteiger partial charge in [-0.1, -0.05) is 12.1 Å². The first-order valence-corrected chi connectivity index (χ1v) is 10.8. The molecule has 1 atom stereocenters. The van der Waals surface area contributed by atoms with Crippen LogP contribution in [0.2, 0.25) is 0 Å². The van der Waals surface area contributed by atoms with E-state index in [4.69, 9.17) is 15.4 Å². The van der Waals surface area contributed by atoms with E-state index in [1.165, 1.54) is 12.8 Å². The van der Waals surface area contributed by atoms with Crippen molar-refractivity contribution in [2.24, 2.45) is 5.92 Å². The van der Waals surface area contributed by atoms with Crippen LogP contribution < -0.4 is 4.74 Å². The smallest absolute Gasteiger partial charge is 0.232 e. The lowest BCUT2D eigenvalue weighted by Crippen LogP contribution is -2.25. The third-order valence-corrected chi connectivity index (χ3v) is 5.85. The summed E-state index contributed by atoms with van der Waals surface area (Å²) in [6.07, 6.45) is 5.18. The molecule has 7 heteroatoms. The molecule has 2 fully saturated rings. The number of likely N-dealkylation sites (tertiary alicyclic amines) is 1. The molecule has 1 unspecified atom stereocenters. The van der Waals surface area contributed by atoms with E-state index in [0.29, 0.717) is 19.2 Å². The highest BCUT2D eigenvalue weighted by molar-refractivity contribution is 8.13. The van der Waals surface area contributed by atoms with Crippen LogP contribution in [0, 0.1) is 5.92 Å². The molecule has 3 rings (SSSR count). The molecule has 1 saturated carbocycles. The second kappa shape index (κ2) is 7.31. The average molecular weight is 372 g/mol. The minimum atomic E-state index is -3.57. The molecule has 1 aliphatic heterocycles. The fraction of sp³-hybridized carbons (Fsp3) is 0.588. The Balaban J connectivity index is 1.60. The van der Waals surface area contributed by atoms with Crippen molar-refractivity contribution in [3.8, 4) is 5.75 Å². The van der Waals surface area contributed by atoms with E-state index >= 15 is 0 Å². The van der Waals surface area contributed by atoms with Crippen molar-refractivity contribution in [2.75, 3.05) is 12.3 Å². The fourth-order valence-corrected chi connectivity index (χ4v) is 4.86.